The molecule has 5 nitrogen and oxygen atoms in total. The lowest BCUT2D eigenvalue weighted by Gasteiger charge is -2.17. The maximum atomic E-state index is 6.25. The van der Waals surface area contributed by atoms with Crippen molar-refractivity contribution >= 4 is 28.8 Å². The van der Waals surface area contributed by atoms with Crippen LogP contribution in [0.15, 0.2) is 77.3 Å². The smallest absolute Gasteiger partial charge is 0.247 e. The van der Waals surface area contributed by atoms with E-state index in [-0.39, 0.29) is 6.23 Å². The van der Waals surface area contributed by atoms with Crippen molar-refractivity contribution in [3.05, 3.63) is 82.6 Å². The first-order valence-corrected chi connectivity index (χ1v) is 10.7. The normalized spacial score (nSPS) is 14.9. The van der Waals surface area contributed by atoms with Gasteiger partial charge in [0.15, 0.2) is 5.69 Å². The Balaban J connectivity index is 1.49. The number of fused-ring (bicyclic) bond motifs is 3. The van der Waals surface area contributed by atoms with Gasteiger partial charge in [0.05, 0.1) is 4.88 Å². The van der Waals surface area contributed by atoms with Gasteiger partial charge in [-0.2, -0.15) is 4.98 Å². The van der Waals surface area contributed by atoms with E-state index in [1.807, 2.05) is 53.9 Å². The third-order valence-electron chi connectivity index (χ3n) is 4.35. The molecule has 1 N–H and O–H groups in total. The van der Waals surface area contributed by atoms with Crippen molar-refractivity contribution in [1.29, 1.82) is 0 Å². The number of benzene rings is 2. The first kappa shape index (κ1) is 17.2. The highest BCUT2D eigenvalue weighted by Crippen LogP contribution is 2.40. The van der Waals surface area contributed by atoms with E-state index in [1.54, 1.807) is 23.1 Å². The Morgan fingerprint density at radius 1 is 0.964 bits per heavy atom. The van der Waals surface area contributed by atoms with E-state index in [0.717, 1.165) is 21.9 Å². The molecule has 0 radical (unpaired) electrons. The summed E-state index contributed by atoms with van der Waals surface area (Å²) in [6.45, 7) is 0. The van der Waals surface area contributed by atoms with Crippen LogP contribution in [0.4, 0.5) is 5.69 Å². The number of nitrogens with one attached hydrogen (secondary N) is 1. The minimum absolute atomic E-state index is 0.314. The predicted octanol–water partition coefficient (Wildman–Crippen LogP) is 5.40. The number of ether oxygens (including phenoxy) is 1. The minimum Gasteiger partial charge on any atom is -0.447 e. The Morgan fingerprint density at radius 3 is 2.68 bits per heavy atom. The van der Waals surface area contributed by atoms with Crippen molar-refractivity contribution in [3.63, 3.8) is 0 Å². The molecular formula is C21H16N4OS2. The second-order valence-corrected chi connectivity index (χ2v) is 8.15. The SMILES string of the molecule is c1ccc(CSc2nnc3c(n2)O[C@H](c2cccs2)Nc2ccccc2-3)cc1. The lowest BCUT2D eigenvalue weighted by Crippen LogP contribution is -2.15. The maximum absolute atomic E-state index is 6.25. The fraction of sp³-hybridized carbons (Fsp3) is 0.0952. The van der Waals surface area contributed by atoms with E-state index < -0.39 is 0 Å². The summed E-state index contributed by atoms with van der Waals surface area (Å²) in [4.78, 5) is 5.76. The molecule has 3 heterocycles. The molecule has 0 bridgehead atoms. The molecule has 1 aliphatic heterocycles. The minimum atomic E-state index is -0.314. The summed E-state index contributed by atoms with van der Waals surface area (Å²) >= 11 is 3.19. The highest BCUT2D eigenvalue weighted by molar-refractivity contribution is 7.98. The average Bonchev–Trinajstić information content (AvgIpc) is 3.23. The monoisotopic (exact) mass is 404 g/mol. The topological polar surface area (TPSA) is 59.9 Å². The largest absolute Gasteiger partial charge is 0.447 e. The fourth-order valence-corrected chi connectivity index (χ4v) is 4.44. The molecule has 0 fully saturated rings. The summed E-state index contributed by atoms with van der Waals surface area (Å²) in [6.07, 6.45) is -0.314. The van der Waals surface area contributed by atoms with Crippen LogP contribution in [-0.2, 0) is 5.75 Å². The third-order valence-corrected chi connectivity index (χ3v) is 6.17. The van der Waals surface area contributed by atoms with E-state index in [2.05, 4.69) is 38.7 Å². The van der Waals surface area contributed by atoms with Crippen molar-refractivity contribution in [2.45, 2.75) is 17.1 Å². The molecule has 5 rings (SSSR count). The zero-order valence-corrected chi connectivity index (χ0v) is 16.4. The molecule has 28 heavy (non-hydrogen) atoms. The quantitative estimate of drug-likeness (QED) is 0.460. The van der Waals surface area contributed by atoms with Gasteiger partial charge in [-0.3, -0.25) is 0 Å². The summed E-state index contributed by atoms with van der Waals surface area (Å²) in [5, 5.41) is 14.9. The fourth-order valence-electron chi connectivity index (χ4n) is 3.00. The zero-order valence-electron chi connectivity index (χ0n) is 14.8. The number of thioether (sulfide) groups is 1. The number of para-hydroxylation sites is 1. The van der Waals surface area contributed by atoms with E-state index in [4.69, 9.17) is 4.74 Å². The number of hydrogen-bond acceptors (Lipinski definition) is 7. The van der Waals surface area contributed by atoms with E-state index in [1.165, 1.54) is 5.56 Å². The molecular weight excluding hydrogens is 388 g/mol. The van der Waals surface area contributed by atoms with Crippen molar-refractivity contribution in [2.75, 3.05) is 5.32 Å². The van der Waals surface area contributed by atoms with Crippen molar-refractivity contribution in [2.24, 2.45) is 0 Å². The van der Waals surface area contributed by atoms with Gasteiger partial charge >= 0.3 is 0 Å². The molecule has 0 spiro atoms. The highest BCUT2D eigenvalue weighted by atomic mass is 32.2. The summed E-state index contributed by atoms with van der Waals surface area (Å²) in [7, 11) is 0. The molecule has 0 saturated heterocycles. The van der Waals surface area contributed by atoms with E-state index >= 15 is 0 Å². The van der Waals surface area contributed by atoms with Crippen LogP contribution in [-0.4, -0.2) is 15.2 Å². The molecule has 138 valence electrons. The van der Waals surface area contributed by atoms with Crippen LogP contribution in [0, 0.1) is 0 Å². The molecule has 0 saturated carbocycles. The van der Waals surface area contributed by atoms with Gasteiger partial charge in [0, 0.05) is 17.0 Å². The van der Waals surface area contributed by atoms with Crippen LogP contribution in [0.1, 0.15) is 16.7 Å². The molecule has 0 amide bonds. The van der Waals surface area contributed by atoms with Gasteiger partial charge in [0.25, 0.3) is 0 Å². The number of anilines is 1. The highest BCUT2D eigenvalue weighted by Gasteiger charge is 2.26. The number of hydrogen-bond donors (Lipinski definition) is 1. The van der Waals surface area contributed by atoms with Gasteiger partial charge in [-0.15, -0.1) is 21.5 Å². The second-order valence-electron chi connectivity index (χ2n) is 6.23. The summed E-state index contributed by atoms with van der Waals surface area (Å²) in [5.41, 5.74) is 3.78. The van der Waals surface area contributed by atoms with Gasteiger partial charge in [-0.25, -0.2) is 0 Å². The van der Waals surface area contributed by atoms with Gasteiger partial charge in [0.2, 0.25) is 17.3 Å². The van der Waals surface area contributed by atoms with Crippen molar-refractivity contribution < 1.29 is 4.74 Å². The predicted molar refractivity (Wildman–Crippen MR) is 113 cm³/mol. The van der Waals surface area contributed by atoms with Crippen LogP contribution in [0.2, 0.25) is 0 Å². The Bertz CT molecular complexity index is 1090. The molecule has 1 atom stereocenters. The Morgan fingerprint density at radius 2 is 1.82 bits per heavy atom. The van der Waals surface area contributed by atoms with E-state index in [9.17, 15) is 0 Å². The summed E-state index contributed by atoms with van der Waals surface area (Å²) in [5.74, 6) is 1.28. The van der Waals surface area contributed by atoms with Gasteiger partial charge in [-0.1, -0.05) is 66.4 Å². The summed E-state index contributed by atoms with van der Waals surface area (Å²) in [6, 6.07) is 22.3. The first-order chi connectivity index (χ1) is 13.9. The molecule has 0 unspecified atom stereocenters. The van der Waals surface area contributed by atoms with Gasteiger partial charge in [-0.05, 0) is 23.1 Å². The molecule has 7 heteroatoms. The number of thiophene rings is 1. The molecule has 1 aliphatic rings. The lowest BCUT2D eigenvalue weighted by molar-refractivity contribution is 0.229. The number of nitrogens with zero attached hydrogens (tertiary/aromatic N) is 3. The summed E-state index contributed by atoms with van der Waals surface area (Å²) < 4.78 is 6.25. The Labute approximate surface area is 170 Å². The standard InChI is InChI=1S/C21H16N4OS2/c1-2-7-14(8-3-1)13-28-21-23-20-18(24-25-21)15-9-4-5-10-16(15)22-19(26-20)17-11-6-12-27-17/h1-12,19,22H,13H2/t19-/m1/s1. The lowest BCUT2D eigenvalue weighted by atomic mass is 10.1. The number of aromatic nitrogens is 3. The molecule has 4 aromatic rings. The van der Waals surface area contributed by atoms with Crippen LogP contribution in [0.25, 0.3) is 11.3 Å². The van der Waals surface area contributed by atoms with Crippen molar-refractivity contribution in [1.82, 2.24) is 15.2 Å². The van der Waals surface area contributed by atoms with Gasteiger partial charge in [0.1, 0.15) is 0 Å². The van der Waals surface area contributed by atoms with Crippen LogP contribution in [0.5, 0.6) is 5.88 Å². The first-order valence-electron chi connectivity index (χ1n) is 8.84. The molecule has 2 aromatic carbocycles. The third kappa shape index (κ3) is 3.46. The van der Waals surface area contributed by atoms with Crippen LogP contribution in [0.3, 0.4) is 0 Å². The van der Waals surface area contributed by atoms with Gasteiger partial charge < -0.3 is 10.1 Å². The average molecular weight is 405 g/mol. The Kier molecular flexibility index (Phi) is 4.68. The zero-order chi connectivity index (χ0) is 18.8. The van der Waals surface area contributed by atoms with E-state index in [0.29, 0.717) is 16.7 Å². The van der Waals surface area contributed by atoms with Crippen LogP contribution >= 0.6 is 23.1 Å². The maximum Gasteiger partial charge on any atom is 0.247 e. The van der Waals surface area contributed by atoms with Crippen molar-refractivity contribution in [3.8, 4) is 17.1 Å². The second kappa shape index (κ2) is 7.61. The Hall–Kier alpha value is -2.90. The van der Waals surface area contributed by atoms with Crippen LogP contribution < -0.4 is 10.1 Å². The molecule has 0 aliphatic carbocycles. The molecule has 2 aromatic heterocycles. The number of rotatable bonds is 4.